The number of ether oxygens (including phenoxy) is 2. The lowest BCUT2D eigenvalue weighted by Crippen LogP contribution is -2.39. The molecule has 2 aromatic heterocycles. The SMILES string of the molecule is CCNC(=NCC(C)Oc1cccc(OC)c1)NCCc1nnc2ccccn12.I. The normalized spacial score (nSPS) is 12.2. The molecule has 0 radical (unpaired) electrons. The van der Waals surface area contributed by atoms with Gasteiger partial charge in [0, 0.05) is 31.8 Å². The zero-order chi connectivity index (χ0) is 20.5. The van der Waals surface area contributed by atoms with E-state index in [0.29, 0.717) is 13.1 Å². The summed E-state index contributed by atoms with van der Waals surface area (Å²) >= 11 is 0. The van der Waals surface area contributed by atoms with Gasteiger partial charge >= 0.3 is 0 Å². The number of rotatable bonds is 9. The van der Waals surface area contributed by atoms with E-state index >= 15 is 0 Å². The summed E-state index contributed by atoms with van der Waals surface area (Å²) in [6, 6.07) is 13.4. The third kappa shape index (κ3) is 6.75. The highest BCUT2D eigenvalue weighted by molar-refractivity contribution is 14.0. The number of nitrogens with one attached hydrogen (secondary N) is 2. The van der Waals surface area contributed by atoms with Crippen LogP contribution >= 0.6 is 24.0 Å². The highest BCUT2D eigenvalue weighted by atomic mass is 127. The Morgan fingerprint density at radius 3 is 2.77 bits per heavy atom. The molecule has 9 heteroatoms. The minimum absolute atomic E-state index is 0. The minimum atomic E-state index is -0.0713. The molecule has 0 saturated heterocycles. The van der Waals surface area contributed by atoms with Crippen LogP contribution in [0.15, 0.2) is 53.7 Å². The van der Waals surface area contributed by atoms with Crippen LogP contribution in [0.4, 0.5) is 0 Å². The van der Waals surface area contributed by atoms with Crippen molar-refractivity contribution < 1.29 is 9.47 Å². The van der Waals surface area contributed by atoms with Crippen molar-refractivity contribution in [3.05, 3.63) is 54.5 Å². The highest BCUT2D eigenvalue weighted by Crippen LogP contribution is 2.19. The molecule has 0 amide bonds. The lowest BCUT2D eigenvalue weighted by molar-refractivity contribution is 0.229. The first kappa shape index (κ1) is 23.7. The van der Waals surface area contributed by atoms with E-state index in [1.165, 1.54) is 0 Å². The van der Waals surface area contributed by atoms with Crippen LogP contribution in [0.1, 0.15) is 19.7 Å². The van der Waals surface area contributed by atoms with E-state index in [4.69, 9.17) is 9.47 Å². The fourth-order valence-corrected chi connectivity index (χ4v) is 2.86. The zero-order valence-corrected chi connectivity index (χ0v) is 19.9. The second kappa shape index (κ2) is 12.2. The number of aromatic nitrogens is 3. The average molecular weight is 524 g/mol. The number of aliphatic imine (C=N–C) groups is 1. The van der Waals surface area contributed by atoms with Gasteiger partial charge in [0.2, 0.25) is 0 Å². The van der Waals surface area contributed by atoms with Gasteiger partial charge in [-0.25, -0.2) is 4.99 Å². The van der Waals surface area contributed by atoms with Crippen LogP contribution < -0.4 is 20.1 Å². The van der Waals surface area contributed by atoms with Gasteiger partial charge in [-0.2, -0.15) is 0 Å². The first-order chi connectivity index (χ1) is 14.2. The van der Waals surface area contributed by atoms with Crippen molar-refractivity contribution in [2.75, 3.05) is 26.7 Å². The van der Waals surface area contributed by atoms with E-state index in [2.05, 4.69) is 25.8 Å². The van der Waals surface area contributed by atoms with E-state index < -0.39 is 0 Å². The standard InChI is InChI=1S/C21H28N6O2.HI/c1-4-22-21(23-12-11-20-26-25-19-10-5-6-13-27(19)20)24-15-16(2)29-18-9-7-8-17(14-18)28-3;/h5-10,13-14,16H,4,11-12,15H2,1-3H3,(H2,22,23,24);1H. The lowest BCUT2D eigenvalue weighted by atomic mass is 10.3. The molecule has 0 aliphatic rings. The van der Waals surface area contributed by atoms with Crippen LogP contribution in [0.5, 0.6) is 11.5 Å². The molecule has 1 aromatic carbocycles. The predicted molar refractivity (Wildman–Crippen MR) is 129 cm³/mol. The molecule has 162 valence electrons. The van der Waals surface area contributed by atoms with E-state index in [1.54, 1.807) is 7.11 Å². The predicted octanol–water partition coefficient (Wildman–Crippen LogP) is 2.92. The van der Waals surface area contributed by atoms with Gasteiger partial charge in [-0.05, 0) is 38.1 Å². The molecule has 0 aliphatic carbocycles. The van der Waals surface area contributed by atoms with Gasteiger partial charge in [-0.15, -0.1) is 34.2 Å². The number of hydrogen-bond acceptors (Lipinski definition) is 5. The van der Waals surface area contributed by atoms with Crippen LogP contribution in [-0.2, 0) is 6.42 Å². The first-order valence-electron chi connectivity index (χ1n) is 9.81. The summed E-state index contributed by atoms with van der Waals surface area (Å²) in [7, 11) is 1.64. The Hall–Kier alpha value is -2.56. The van der Waals surface area contributed by atoms with Crippen LogP contribution in [0.25, 0.3) is 5.65 Å². The molecule has 2 heterocycles. The monoisotopic (exact) mass is 524 g/mol. The number of benzene rings is 1. The highest BCUT2D eigenvalue weighted by Gasteiger charge is 2.07. The summed E-state index contributed by atoms with van der Waals surface area (Å²) in [5, 5.41) is 15.0. The van der Waals surface area contributed by atoms with Crippen molar-refractivity contribution in [1.82, 2.24) is 25.2 Å². The number of halogens is 1. The van der Waals surface area contributed by atoms with Crippen molar-refractivity contribution in [2.24, 2.45) is 4.99 Å². The van der Waals surface area contributed by atoms with Gasteiger partial charge in [0.15, 0.2) is 11.6 Å². The number of fused-ring (bicyclic) bond motifs is 1. The Morgan fingerprint density at radius 2 is 1.97 bits per heavy atom. The summed E-state index contributed by atoms with van der Waals surface area (Å²) in [4.78, 5) is 4.63. The molecule has 8 nitrogen and oxygen atoms in total. The summed E-state index contributed by atoms with van der Waals surface area (Å²) in [5.74, 6) is 3.21. The van der Waals surface area contributed by atoms with Gasteiger partial charge in [-0.1, -0.05) is 12.1 Å². The summed E-state index contributed by atoms with van der Waals surface area (Å²) < 4.78 is 13.2. The van der Waals surface area contributed by atoms with Crippen molar-refractivity contribution >= 4 is 35.6 Å². The van der Waals surface area contributed by atoms with Gasteiger partial charge in [-0.3, -0.25) is 4.40 Å². The Morgan fingerprint density at radius 1 is 1.13 bits per heavy atom. The second-order valence-electron chi connectivity index (χ2n) is 6.55. The van der Waals surface area contributed by atoms with E-state index in [1.807, 2.05) is 66.9 Å². The van der Waals surface area contributed by atoms with Crippen molar-refractivity contribution in [1.29, 1.82) is 0 Å². The number of pyridine rings is 1. The average Bonchev–Trinajstić information content (AvgIpc) is 3.15. The third-order valence-corrected chi connectivity index (χ3v) is 4.25. The Kier molecular flexibility index (Phi) is 9.65. The van der Waals surface area contributed by atoms with Gasteiger partial charge < -0.3 is 20.1 Å². The fourth-order valence-electron chi connectivity index (χ4n) is 2.86. The van der Waals surface area contributed by atoms with Crippen LogP contribution in [0, 0.1) is 0 Å². The second-order valence-corrected chi connectivity index (χ2v) is 6.55. The first-order valence-corrected chi connectivity index (χ1v) is 9.81. The number of nitrogens with zero attached hydrogens (tertiary/aromatic N) is 4. The maximum atomic E-state index is 5.93. The molecular weight excluding hydrogens is 495 g/mol. The van der Waals surface area contributed by atoms with E-state index in [0.717, 1.165) is 41.9 Å². The Bertz CT molecular complexity index is 946. The number of methoxy groups -OCH3 is 1. The largest absolute Gasteiger partial charge is 0.497 e. The summed E-state index contributed by atoms with van der Waals surface area (Å²) in [5.41, 5.74) is 0.853. The quantitative estimate of drug-likeness (QED) is 0.255. The van der Waals surface area contributed by atoms with Gasteiger partial charge in [0.25, 0.3) is 0 Å². The van der Waals surface area contributed by atoms with Crippen molar-refractivity contribution in [2.45, 2.75) is 26.4 Å². The number of hydrogen-bond donors (Lipinski definition) is 2. The topological polar surface area (TPSA) is 85.1 Å². The number of guanidine groups is 1. The van der Waals surface area contributed by atoms with Crippen molar-refractivity contribution in [3.8, 4) is 11.5 Å². The molecule has 0 saturated carbocycles. The van der Waals surface area contributed by atoms with Crippen LogP contribution in [0.2, 0.25) is 0 Å². The molecule has 0 fully saturated rings. The molecule has 3 rings (SSSR count). The molecular formula is C21H29IN6O2. The van der Waals surface area contributed by atoms with E-state index in [9.17, 15) is 0 Å². The minimum Gasteiger partial charge on any atom is -0.497 e. The molecule has 0 spiro atoms. The molecule has 0 aliphatic heterocycles. The third-order valence-electron chi connectivity index (χ3n) is 4.25. The van der Waals surface area contributed by atoms with E-state index in [-0.39, 0.29) is 30.1 Å². The fraction of sp³-hybridized carbons (Fsp3) is 0.381. The molecule has 1 atom stereocenters. The molecule has 2 N–H and O–H groups in total. The molecule has 30 heavy (non-hydrogen) atoms. The lowest BCUT2D eigenvalue weighted by Gasteiger charge is -2.15. The van der Waals surface area contributed by atoms with Crippen LogP contribution in [0.3, 0.4) is 0 Å². The smallest absolute Gasteiger partial charge is 0.191 e. The van der Waals surface area contributed by atoms with Gasteiger partial charge in [0.05, 0.1) is 13.7 Å². The Balaban J connectivity index is 0.00000320. The molecule has 0 bridgehead atoms. The molecule has 1 unspecified atom stereocenters. The van der Waals surface area contributed by atoms with Crippen LogP contribution in [-0.4, -0.2) is 53.4 Å². The zero-order valence-electron chi connectivity index (χ0n) is 17.5. The summed E-state index contributed by atoms with van der Waals surface area (Å²) in [6.07, 6.45) is 2.64. The maximum absolute atomic E-state index is 5.93. The maximum Gasteiger partial charge on any atom is 0.191 e. The molecule has 3 aromatic rings. The summed E-state index contributed by atoms with van der Waals surface area (Å²) in [6.45, 7) is 6.05. The van der Waals surface area contributed by atoms with Crippen molar-refractivity contribution in [3.63, 3.8) is 0 Å². The Labute approximate surface area is 194 Å². The van der Waals surface area contributed by atoms with Gasteiger partial charge in [0.1, 0.15) is 23.4 Å².